The van der Waals surface area contributed by atoms with Crippen molar-refractivity contribution in [2.45, 2.75) is 32.7 Å². The van der Waals surface area contributed by atoms with Crippen molar-refractivity contribution in [1.29, 1.82) is 0 Å². The SMILES string of the molecule is CC(C)c1ccc(NC(C)c2ccc(F)c(Br)c2)cc1. The van der Waals surface area contributed by atoms with Gasteiger partial charge in [0.15, 0.2) is 0 Å². The molecule has 1 nitrogen and oxygen atoms in total. The highest BCUT2D eigenvalue weighted by Crippen LogP contribution is 2.25. The first kappa shape index (κ1) is 15.0. The molecule has 2 aromatic carbocycles. The van der Waals surface area contributed by atoms with Gasteiger partial charge in [0.05, 0.1) is 4.47 Å². The number of nitrogens with one attached hydrogen (secondary N) is 1. The third-order valence-corrected chi connectivity index (χ3v) is 4.01. The molecule has 0 radical (unpaired) electrons. The summed E-state index contributed by atoms with van der Waals surface area (Å²) in [4.78, 5) is 0. The Morgan fingerprint density at radius 3 is 2.10 bits per heavy atom. The number of rotatable bonds is 4. The molecule has 106 valence electrons. The van der Waals surface area contributed by atoms with Crippen LogP contribution in [0, 0.1) is 5.82 Å². The van der Waals surface area contributed by atoms with Crippen LogP contribution in [0.4, 0.5) is 10.1 Å². The quantitative estimate of drug-likeness (QED) is 0.735. The van der Waals surface area contributed by atoms with Crippen LogP contribution in [-0.4, -0.2) is 0 Å². The van der Waals surface area contributed by atoms with Gasteiger partial charge in [0, 0.05) is 11.7 Å². The molecule has 0 aliphatic heterocycles. The molecule has 2 rings (SSSR count). The lowest BCUT2D eigenvalue weighted by molar-refractivity contribution is 0.619. The van der Waals surface area contributed by atoms with Crippen LogP contribution in [0.1, 0.15) is 43.9 Å². The molecule has 1 N–H and O–H groups in total. The van der Waals surface area contributed by atoms with Crippen molar-refractivity contribution in [3.05, 3.63) is 63.9 Å². The van der Waals surface area contributed by atoms with Crippen LogP contribution in [0.5, 0.6) is 0 Å². The Hall–Kier alpha value is -1.35. The molecule has 0 aliphatic rings. The van der Waals surface area contributed by atoms with E-state index in [2.05, 4.69) is 66.3 Å². The highest BCUT2D eigenvalue weighted by Gasteiger charge is 2.08. The normalized spacial score (nSPS) is 12.5. The summed E-state index contributed by atoms with van der Waals surface area (Å²) < 4.78 is 13.7. The van der Waals surface area contributed by atoms with Crippen LogP contribution in [0.2, 0.25) is 0 Å². The summed E-state index contributed by atoms with van der Waals surface area (Å²) in [5.41, 5.74) is 3.45. The van der Waals surface area contributed by atoms with Crippen molar-refractivity contribution in [1.82, 2.24) is 0 Å². The number of hydrogen-bond acceptors (Lipinski definition) is 1. The number of halogens is 2. The Bertz CT molecular complexity index is 578. The van der Waals surface area contributed by atoms with Gasteiger partial charge in [-0.25, -0.2) is 4.39 Å². The zero-order valence-electron chi connectivity index (χ0n) is 12.0. The van der Waals surface area contributed by atoms with Gasteiger partial charge in [0.25, 0.3) is 0 Å². The standard InChI is InChI=1S/C17H19BrFN/c1-11(2)13-4-7-15(8-5-13)20-12(3)14-6-9-17(19)16(18)10-14/h4-12,20H,1-3H3. The lowest BCUT2D eigenvalue weighted by atomic mass is 10.0. The van der Waals surface area contributed by atoms with Crippen LogP contribution in [0.15, 0.2) is 46.9 Å². The molecule has 1 unspecified atom stereocenters. The van der Waals surface area contributed by atoms with Crippen LogP contribution in [0.25, 0.3) is 0 Å². The summed E-state index contributed by atoms with van der Waals surface area (Å²) >= 11 is 3.22. The number of benzene rings is 2. The van der Waals surface area contributed by atoms with Gasteiger partial charge >= 0.3 is 0 Å². The average Bonchev–Trinajstić information content (AvgIpc) is 2.42. The molecule has 1 atom stereocenters. The van der Waals surface area contributed by atoms with E-state index in [0.717, 1.165) is 11.3 Å². The highest BCUT2D eigenvalue weighted by molar-refractivity contribution is 9.10. The van der Waals surface area contributed by atoms with E-state index >= 15 is 0 Å². The zero-order chi connectivity index (χ0) is 14.7. The topological polar surface area (TPSA) is 12.0 Å². The van der Waals surface area contributed by atoms with Crippen molar-refractivity contribution in [2.75, 3.05) is 5.32 Å². The molecule has 0 saturated carbocycles. The van der Waals surface area contributed by atoms with Gasteiger partial charge in [-0.3, -0.25) is 0 Å². The largest absolute Gasteiger partial charge is 0.379 e. The summed E-state index contributed by atoms with van der Waals surface area (Å²) in [7, 11) is 0. The first-order valence-electron chi connectivity index (χ1n) is 6.79. The van der Waals surface area contributed by atoms with E-state index in [1.54, 1.807) is 6.07 Å². The molecule has 0 aliphatic carbocycles. The van der Waals surface area contributed by atoms with E-state index in [0.29, 0.717) is 10.4 Å². The van der Waals surface area contributed by atoms with Gasteiger partial charge in [-0.05, 0) is 64.2 Å². The fourth-order valence-corrected chi connectivity index (χ4v) is 2.48. The van der Waals surface area contributed by atoms with Gasteiger partial charge < -0.3 is 5.32 Å². The Morgan fingerprint density at radius 2 is 1.55 bits per heavy atom. The van der Waals surface area contributed by atoms with Crippen molar-refractivity contribution < 1.29 is 4.39 Å². The first-order chi connectivity index (χ1) is 9.47. The second-order valence-electron chi connectivity index (χ2n) is 5.32. The molecule has 0 spiro atoms. The highest BCUT2D eigenvalue weighted by atomic mass is 79.9. The molecular formula is C17H19BrFN. The van der Waals surface area contributed by atoms with Crippen LogP contribution < -0.4 is 5.32 Å². The van der Waals surface area contributed by atoms with Crippen LogP contribution in [-0.2, 0) is 0 Å². The summed E-state index contributed by atoms with van der Waals surface area (Å²) in [6.07, 6.45) is 0. The zero-order valence-corrected chi connectivity index (χ0v) is 13.5. The van der Waals surface area contributed by atoms with E-state index < -0.39 is 0 Å². The molecule has 0 saturated heterocycles. The Morgan fingerprint density at radius 1 is 0.950 bits per heavy atom. The van der Waals surface area contributed by atoms with Crippen molar-refractivity contribution in [3.8, 4) is 0 Å². The fraction of sp³-hybridized carbons (Fsp3) is 0.294. The minimum absolute atomic E-state index is 0.122. The maximum absolute atomic E-state index is 13.2. The minimum atomic E-state index is -0.234. The van der Waals surface area contributed by atoms with Gasteiger partial charge in [0.1, 0.15) is 5.82 Å². The average molecular weight is 336 g/mol. The second kappa shape index (κ2) is 6.40. The molecule has 0 bridgehead atoms. The predicted octanol–water partition coefficient (Wildman–Crippen LogP) is 5.88. The third kappa shape index (κ3) is 3.60. The molecule has 0 heterocycles. The lowest BCUT2D eigenvalue weighted by Gasteiger charge is -2.17. The number of anilines is 1. The summed E-state index contributed by atoms with van der Waals surface area (Å²) in [5, 5.41) is 3.43. The predicted molar refractivity (Wildman–Crippen MR) is 86.7 cm³/mol. The molecule has 20 heavy (non-hydrogen) atoms. The van der Waals surface area contributed by atoms with Crippen LogP contribution in [0.3, 0.4) is 0 Å². The van der Waals surface area contributed by atoms with Gasteiger partial charge in [-0.1, -0.05) is 32.0 Å². The summed E-state index contributed by atoms with van der Waals surface area (Å²) in [6.45, 7) is 6.43. The van der Waals surface area contributed by atoms with Gasteiger partial charge in [-0.2, -0.15) is 0 Å². The molecule has 3 heteroatoms. The Kier molecular flexibility index (Phi) is 4.81. The smallest absolute Gasteiger partial charge is 0.137 e. The minimum Gasteiger partial charge on any atom is -0.379 e. The molecular weight excluding hydrogens is 317 g/mol. The van der Waals surface area contributed by atoms with Gasteiger partial charge in [-0.15, -0.1) is 0 Å². The van der Waals surface area contributed by atoms with E-state index in [-0.39, 0.29) is 11.9 Å². The van der Waals surface area contributed by atoms with E-state index in [1.165, 1.54) is 11.6 Å². The summed E-state index contributed by atoms with van der Waals surface area (Å²) in [5.74, 6) is 0.303. The lowest BCUT2D eigenvalue weighted by Crippen LogP contribution is -2.06. The maximum Gasteiger partial charge on any atom is 0.137 e. The van der Waals surface area contributed by atoms with Gasteiger partial charge in [0.2, 0.25) is 0 Å². The summed E-state index contributed by atoms with van der Waals surface area (Å²) in [6, 6.07) is 13.7. The Balaban J connectivity index is 2.10. The maximum atomic E-state index is 13.2. The molecule has 0 aromatic heterocycles. The molecule has 2 aromatic rings. The van der Waals surface area contributed by atoms with E-state index in [9.17, 15) is 4.39 Å². The van der Waals surface area contributed by atoms with E-state index in [4.69, 9.17) is 0 Å². The third-order valence-electron chi connectivity index (χ3n) is 3.40. The number of hydrogen-bond donors (Lipinski definition) is 1. The fourth-order valence-electron chi connectivity index (χ4n) is 2.08. The van der Waals surface area contributed by atoms with E-state index in [1.807, 2.05) is 6.07 Å². The first-order valence-corrected chi connectivity index (χ1v) is 7.58. The molecule has 0 amide bonds. The van der Waals surface area contributed by atoms with Crippen molar-refractivity contribution in [2.24, 2.45) is 0 Å². The second-order valence-corrected chi connectivity index (χ2v) is 6.17. The van der Waals surface area contributed by atoms with Crippen molar-refractivity contribution in [3.63, 3.8) is 0 Å². The van der Waals surface area contributed by atoms with Crippen molar-refractivity contribution >= 4 is 21.6 Å². The Labute approximate surface area is 128 Å². The van der Waals surface area contributed by atoms with Crippen LogP contribution >= 0.6 is 15.9 Å². The molecule has 0 fully saturated rings. The monoisotopic (exact) mass is 335 g/mol.